The average Bonchev–Trinajstić information content (AvgIpc) is 2.74. The Morgan fingerprint density at radius 2 is 1.71 bits per heavy atom. The number of anilines is 3. The Morgan fingerprint density at radius 3 is 2.36 bits per heavy atom. The lowest BCUT2D eigenvalue weighted by Gasteiger charge is -2.08. The molecule has 0 aliphatic carbocycles. The molecule has 1 heterocycles. The number of rotatable bonds is 6. The van der Waals surface area contributed by atoms with Gasteiger partial charge >= 0.3 is 5.97 Å². The fourth-order valence-corrected chi connectivity index (χ4v) is 2.36. The summed E-state index contributed by atoms with van der Waals surface area (Å²) in [4.78, 5) is 32.1. The van der Waals surface area contributed by atoms with E-state index in [1.807, 2.05) is 0 Å². The Kier molecular flexibility index (Phi) is 5.81. The molecule has 0 fully saturated rings. The molecule has 0 saturated heterocycles. The summed E-state index contributed by atoms with van der Waals surface area (Å²) in [6.07, 6.45) is 2.83. The van der Waals surface area contributed by atoms with Crippen LogP contribution >= 0.6 is 0 Å². The number of carbonyl (C=O) groups is 2. The Morgan fingerprint density at radius 1 is 0.929 bits per heavy atom. The molecule has 8 heteroatoms. The first-order valence-corrected chi connectivity index (χ1v) is 8.32. The van der Waals surface area contributed by atoms with Crippen molar-refractivity contribution in [2.24, 2.45) is 0 Å². The van der Waals surface area contributed by atoms with Crippen molar-refractivity contribution in [1.29, 1.82) is 0 Å². The molecular formula is C20H18N4O4. The van der Waals surface area contributed by atoms with E-state index in [4.69, 9.17) is 4.74 Å². The second-order valence-electron chi connectivity index (χ2n) is 5.67. The maximum Gasteiger partial charge on any atom is 0.337 e. The van der Waals surface area contributed by atoms with Gasteiger partial charge in [0.25, 0.3) is 5.91 Å². The SMILES string of the molecule is COC(=O)c1ccc(Nc2cnc(C(=O)Nc3cccc(OC)c3)cn2)cc1. The zero-order valence-corrected chi connectivity index (χ0v) is 15.3. The fraction of sp³-hybridized carbons (Fsp3) is 0.100. The third kappa shape index (κ3) is 4.61. The molecule has 0 saturated carbocycles. The topological polar surface area (TPSA) is 102 Å². The molecule has 8 nitrogen and oxygen atoms in total. The lowest BCUT2D eigenvalue weighted by Crippen LogP contribution is -2.14. The monoisotopic (exact) mass is 378 g/mol. The molecule has 0 radical (unpaired) electrons. The summed E-state index contributed by atoms with van der Waals surface area (Å²) >= 11 is 0. The van der Waals surface area contributed by atoms with E-state index in [-0.39, 0.29) is 11.6 Å². The maximum atomic E-state index is 12.3. The molecule has 0 atom stereocenters. The van der Waals surface area contributed by atoms with Crippen LogP contribution in [0.3, 0.4) is 0 Å². The van der Waals surface area contributed by atoms with Crippen LogP contribution in [0, 0.1) is 0 Å². The summed E-state index contributed by atoms with van der Waals surface area (Å²) in [5.41, 5.74) is 1.94. The second kappa shape index (κ2) is 8.63. The molecule has 3 aromatic rings. The Balaban J connectivity index is 1.64. The summed E-state index contributed by atoms with van der Waals surface area (Å²) < 4.78 is 9.79. The lowest BCUT2D eigenvalue weighted by atomic mass is 10.2. The Labute approximate surface area is 161 Å². The summed E-state index contributed by atoms with van der Waals surface area (Å²) in [5, 5.41) is 5.78. The van der Waals surface area contributed by atoms with Crippen LogP contribution in [0.5, 0.6) is 5.75 Å². The summed E-state index contributed by atoms with van der Waals surface area (Å²) in [6.45, 7) is 0. The van der Waals surface area contributed by atoms with E-state index in [9.17, 15) is 9.59 Å². The van der Waals surface area contributed by atoms with Gasteiger partial charge in [-0.2, -0.15) is 0 Å². The molecule has 2 aromatic carbocycles. The van der Waals surface area contributed by atoms with Crippen LogP contribution in [0.25, 0.3) is 0 Å². The van der Waals surface area contributed by atoms with Gasteiger partial charge in [0.1, 0.15) is 17.3 Å². The summed E-state index contributed by atoms with van der Waals surface area (Å²) in [7, 11) is 2.89. The number of methoxy groups -OCH3 is 2. The molecule has 2 N–H and O–H groups in total. The molecule has 28 heavy (non-hydrogen) atoms. The molecule has 142 valence electrons. The van der Waals surface area contributed by atoms with Crippen molar-refractivity contribution in [3.8, 4) is 5.75 Å². The van der Waals surface area contributed by atoms with Gasteiger partial charge in [-0.1, -0.05) is 6.07 Å². The zero-order valence-electron chi connectivity index (χ0n) is 15.3. The highest BCUT2D eigenvalue weighted by atomic mass is 16.5. The standard InChI is InChI=1S/C20H18N4O4/c1-27-16-5-3-4-15(10-16)24-19(25)17-11-22-18(12-21-17)23-14-8-6-13(7-9-14)20(26)28-2/h3-12H,1-2H3,(H,22,23)(H,24,25). The molecule has 0 aliphatic rings. The van der Waals surface area contributed by atoms with Crippen molar-refractivity contribution in [2.75, 3.05) is 24.9 Å². The smallest absolute Gasteiger partial charge is 0.337 e. The van der Waals surface area contributed by atoms with E-state index >= 15 is 0 Å². The number of ether oxygens (including phenoxy) is 2. The highest BCUT2D eigenvalue weighted by Gasteiger charge is 2.10. The Bertz CT molecular complexity index is 972. The third-order valence-corrected chi connectivity index (χ3v) is 3.79. The highest BCUT2D eigenvalue weighted by molar-refractivity contribution is 6.02. The second-order valence-corrected chi connectivity index (χ2v) is 5.67. The molecule has 0 unspecified atom stereocenters. The minimum Gasteiger partial charge on any atom is -0.497 e. The van der Waals surface area contributed by atoms with E-state index in [0.717, 1.165) is 5.69 Å². The van der Waals surface area contributed by atoms with Gasteiger partial charge < -0.3 is 20.1 Å². The van der Waals surface area contributed by atoms with E-state index in [1.165, 1.54) is 19.5 Å². The zero-order chi connectivity index (χ0) is 19.9. The maximum absolute atomic E-state index is 12.3. The van der Waals surface area contributed by atoms with E-state index in [2.05, 4.69) is 25.3 Å². The number of carbonyl (C=O) groups excluding carboxylic acids is 2. The van der Waals surface area contributed by atoms with Crippen LogP contribution in [0.15, 0.2) is 60.9 Å². The number of hydrogen-bond donors (Lipinski definition) is 2. The lowest BCUT2D eigenvalue weighted by molar-refractivity contribution is 0.0600. The van der Waals surface area contributed by atoms with E-state index in [0.29, 0.717) is 22.8 Å². The van der Waals surface area contributed by atoms with E-state index < -0.39 is 5.97 Å². The molecule has 0 bridgehead atoms. The summed E-state index contributed by atoms with van der Waals surface area (Å²) in [6, 6.07) is 13.7. The first-order valence-electron chi connectivity index (χ1n) is 8.32. The van der Waals surface area contributed by atoms with Gasteiger partial charge in [-0.05, 0) is 36.4 Å². The minimum absolute atomic E-state index is 0.175. The minimum atomic E-state index is -0.405. The molecule has 0 aliphatic heterocycles. The van der Waals surface area contributed by atoms with Crippen LogP contribution in [-0.4, -0.2) is 36.1 Å². The fourth-order valence-electron chi connectivity index (χ4n) is 2.36. The number of esters is 1. The first kappa shape index (κ1) is 18.8. The predicted octanol–water partition coefficient (Wildman–Crippen LogP) is 3.27. The van der Waals surface area contributed by atoms with Crippen molar-refractivity contribution in [1.82, 2.24) is 9.97 Å². The van der Waals surface area contributed by atoms with Crippen molar-refractivity contribution < 1.29 is 19.1 Å². The quantitative estimate of drug-likeness (QED) is 0.635. The first-order chi connectivity index (χ1) is 13.6. The molecule has 0 spiro atoms. The highest BCUT2D eigenvalue weighted by Crippen LogP contribution is 2.18. The number of nitrogens with zero attached hydrogens (tertiary/aromatic N) is 2. The number of nitrogens with one attached hydrogen (secondary N) is 2. The molecule has 1 amide bonds. The normalized spacial score (nSPS) is 10.1. The van der Waals surface area contributed by atoms with Gasteiger partial charge in [0.2, 0.25) is 0 Å². The number of hydrogen-bond acceptors (Lipinski definition) is 7. The van der Waals surface area contributed by atoms with Crippen LogP contribution in [0.4, 0.5) is 17.2 Å². The van der Waals surface area contributed by atoms with Gasteiger partial charge in [0, 0.05) is 17.4 Å². The number of aromatic nitrogens is 2. The average molecular weight is 378 g/mol. The number of amides is 1. The van der Waals surface area contributed by atoms with Crippen molar-refractivity contribution >= 4 is 29.1 Å². The number of benzene rings is 2. The van der Waals surface area contributed by atoms with Crippen molar-refractivity contribution in [3.05, 3.63) is 72.2 Å². The van der Waals surface area contributed by atoms with Crippen LogP contribution in [0.2, 0.25) is 0 Å². The predicted molar refractivity (Wildman–Crippen MR) is 104 cm³/mol. The van der Waals surface area contributed by atoms with Crippen LogP contribution in [-0.2, 0) is 4.74 Å². The van der Waals surface area contributed by atoms with Crippen molar-refractivity contribution in [2.45, 2.75) is 0 Å². The van der Waals surface area contributed by atoms with Gasteiger partial charge in [-0.15, -0.1) is 0 Å². The van der Waals surface area contributed by atoms with Crippen LogP contribution < -0.4 is 15.4 Å². The molecule has 1 aromatic heterocycles. The van der Waals surface area contributed by atoms with Crippen LogP contribution in [0.1, 0.15) is 20.8 Å². The summed E-state index contributed by atoms with van der Waals surface area (Å²) in [5.74, 6) is 0.317. The van der Waals surface area contributed by atoms with Gasteiger partial charge in [0.05, 0.1) is 32.2 Å². The Hall–Kier alpha value is -3.94. The van der Waals surface area contributed by atoms with E-state index in [1.54, 1.807) is 55.6 Å². The van der Waals surface area contributed by atoms with Gasteiger partial charge in [-0.25, -0.2) is 14.8 Å². The van der Waals surface area contributed by atoms with Crippen molar-refractivity contribution in [3.63, 3.8) is 0 Å². The largest absolute Gasteiger partial charge is 0.497 e. The van der Waals surface area contributed by atoms with Gasteiger partial charge in [0.15, 0.2) is 0 Å². The van der Waals surface area contributed by atoms with Gasteiger partial charge in [-0.3, -0.25) is 4.79 Å². The molecule has 3 rings (SSSR count). The third-order valence-electron chi connectivity index (χ3n) is 3.79. The molecular weight excluding hydrogens is 360 g/mol.